The second-order valence-corrected chi connectivity index (χ2v) is 5.32. The molecule has 1 atom stereocenters. The minimum Gasteiger partial charge on any atom is -0.497 e. The number of carbonyl (C=O) groups excluding carboxylic acids is 1. The summed E-state index contributed by atoms with van der Waals surface area (Å²) in [5.41, 5.74) is 6.46. The molecule has 0 saturated heterocycles. The topological polar surface area (TPSA) is 84.6 Å². The number of anilines is 1. The minimum atomic E-state index is -0.299. The number of nitrogens with two attached hydrogens (primary N) is 1. The number of nitrogens with one attached hydrogen (secondary N) is 1. The van der Waals surface area contributed by atoms with Crippen molar-refractivity contribution in [1.82, 2.24) is 5.32 Å². The standard InChI is InChI=1S/C13H16N2O3S/c1-7(6-16)15-13(17)12-11(14)9-4-3-8(18-2)5-10(9)19-12/h3-5,7,16H,6,14H2,1-2H3,(H,15,17). The Hall–Kier alpha value is -1.79. The number of aliphatic hydroxyl groups excluding tert-OH is 1. The summed E-state index contributed by atoms with van der Waals surface area (Å²) in [6.07, 6.45) is 0. The van der Waals surface area contributed by atoms with Gasteiger partial charge in [-0.2, -0.15) is 0 Å². The summed E-state index contributed by atoms with van der Waals surface area (Å²) in [7, 11) is 1.59. The Morgan fingerprint density at radius 1 is 1.58 bits per heavy atom. The van der Waals surface area contributed by atoms with Gasteiger partial charge in [-0.05, 0) is 25.1 Å². The Morgan fingerprint density at radius 2 is 2.32 bits per heavy atom. The molecular formula is C13H16N2O3S. The highest BCUT2D eigenvalue weighted by Crippen LogP contribution is 2.35. The monoisotopic (exact) mass is 280 g/mol. The summed E-state index contributed by atoms with van der Waals surface area (Å²) in [5, 5.41) is 12.5. The van der Waals surface area contributed by atoms with Crippen LogP contribution in [-0.2, 0) is 0 Å². The van der Waals surface area contributed by atoms with Gasteiger partial charge in [-0.15, -0.1) is 11.3 Å². The third-order valence-corrected chi connectivity index (χ3v) is 3.96. The molecule has 102 valence electrons. The molecule has 0 bridgehead atoms. The highest BCUT2D eigenvalue weighted by Gasteiger charge is 2.17. The number of hydrogen-bond acceptors (Lipinski definition) is 5. The quantitative estimate of drug-likeness (QED) is 0.794. The average molecular weight is 280 g/mol. The van der Waals surface area contributed by atoms with Gasteiger partial charge >= 0.3 is 0 Å². The van der Waals surface area contributed by atoms with E-state index in [0.29, 0.717) is 10.6 Å². The SMILES string of the molecule is COc1ccc2c(N)c(C(=O)NC(C)CO)sc2c1. The fourth-order valence-corrected chi connectivity index (χ4v) is 2.78. The van der Waals surface area contributed by atoms with E-state index in [2.05, 4.69) is 5.32 Å². The van der Waals surface area contributed by atoms with Crippen molar-refractivity contribution < 1.29 is 14.6 Å². The smallest absolute Gasteiger partial charge is 0.263 e. The third-order valence-electron chi connectivity index (χ3n) is 2.79. The lowest BCUT2D eigenvalue weighted by Gasteiger charge is -2.09. The number of rotatable bonds is 4. The normalized spacial score (nSPS) is 12.4. The Bertz CT molecular complexity index is 609. The van der Waals surface area contributed by atoms with Crippen LogP contribution in [0.1, 0.15) is 16.6 Å². The van der Waals surface area contributed by atoms with Gasteiger partial charge in [-0.25, -0.2) is 0 Å². The van der Waals surface area contributed by atoms with Crippen LogP contribution in [0.5, 0.6) is 5.75 Å². The van der Waals surface area contributed by atoms with Crippen molar-refractivity contribution in [2.45, 2.75) is 13.0 Å². The van der Waals surface area contributed by atoms with Crippen LogP contribution < -0.4 is 15.8 Å². The zero-order chi connectivity index (χ0) is 14.0. The van der Waals surface area contributed by atoms with E-state index in [1.165, 1.54) is 11.3 Å². The Labute approximate surface area is 115 Å². The highest BCUT2D eigenvalue weighted by molar-refractivity contribution is 7.21. The highest BCUT2D eigenvalue weighted by atomic mass is 32.1. The van der Waals surface area contributed by atoms with Gasteiger partial charge in [0.2, 0.25) is 0 Å². The first kappa shape index (κ1) is 13.6. The minimum absolute atomic E-state index is 0.107. The molecule has 1 aromatic carbocycles. The molecule has 4 N–H and O–H groups in total. The number of amides is 1. The van der Waals surface area contributed by atoms with E-state index >= 15 is 0 Å². The maximum Gasteiger partial charge on any atom is 0.263 e. The van der Waals surface area contributed by atoms with Crippen molar-refractivity contribution in [2.75, 3.05) is 19.5 Å². The first-order chi connectivity index (χ1) is 9.06. The zero-order valence-electron chi connectivity index (χ0n) is 10.8. The van der Waals surface area contributed by atoms with E-state index in [0.717, 1.165) is 15.8 Å². The number of nitrogen functional groups attached to an aromatic ring is 1. The Morgan fingerprint density at radius 3 is 2.95 bits per heavy atom. The molecule has 2 rings (SSSR count). The number of carbonyl (C=O) groups is 1. The van der Waals surface area contributed by atoms with Crippen LogP contribution in [0.3, 0.4) is 0 Å². The average Bonchev–Trinajstić information content (AvgIpc) is 2.75. The molecule has 0 radical (unpaired) electrons. The third kappa shape index (κ3) is 2.64. The lowest BCUT2D eigenvalue weighted by Crippen LogP contribution is -2.34. The molecule has 1 heterocycles. The van der Waals surface area contributed by atoms with Gasteiger partial charge in [-0.3, -0.25) is 4.79 Å². The number of ether oxygens (including phenoxy) is 1. The van der Waals surface area contributed by atoms with Gasteiger partial charge in [0, 0.05) is 16.1 Å². The second kappa shape index (κ2) is 5.46. The number of fused-ring (bicyclic) bond motifs is 1. The number of thiophene rings is 1. The predicted molar refractivity (Wildman–Crippen MR) is 76.8 cm³/mol. The number of aliphatic hydroxyl groups is 1. The Balaban J connectivity index is 2.38. The Kier molecular flexibility index (Phi) is 3.92. The van der Waals surface area contributed by atoms with Crippen molar-refractivity contribution in [1.29, 1.82) is 0 Å². The lowest BCUT2D eigenvalue weighted by atomic mass is 10.2. The van der Waals surface area contributed by atoms with Gasteiger partial charge in [0.25, 0.3) is 5.91 Å². The molecular weight excluding hydrogens is 264 g/mol. The fourth-order valence-electron chi connectivity index (χ4n) is 1.73. The molecule has 2 aromatic rings. The molecule has 5 nitrogen and oxygen atoms in total. The van der Waals surface area contributed by atoms with Crippen molar-refractivity contribution in [2.24, 2.45) is 0 Å². The lowest BCUT2D eigenvalue weighted by molar-refractivity contribution is 0.0927. The van der Waals surface area contributed by atoms with E-state index in [9.17, 15) is 4.79 Å². The van der Waals surface area contributed by atoms with Crippen molar-refractivity contribution in [3.63, 3.8) is 0 Å². The van der Waals surface area contributed by atoms with Crippen LogP contribution in [0, 0.1) is 0 Å². The molecule has 0 aliphatic carbocycles. The van der Waals surface area contributed by atoms with Gasteiger partial charge < -0.3 is 20.9 Å². The molecule has 0 saturated carbocycles. The van der Waals surface area contributed by atoms with Gasteiger partial charge in [0.1, 0.15) is 10.6 Å². The van der Waals surface area contributed by atoms with E-state index in [1.807, 2.05) is 18.2 Å². The number of benzene rings is 1. The summed E-state index contributed by atoms with van der Waals surface area (Å²) in [4.78, 5) is 12.5. The van der Waals surface area contributed by atoms with Crippen LogP contribution >= 0.6 is 11.3 Å². The summed E-state index contributed by atoms with van der Waals surface area (Å²) in [5.74, 6) is 0.462. The molecule has 1 aromatic heterocycles. The number of methoxy groups -OCH3 is 1. The fraction of sp³-hybridized carbons (Fsp3) is 0.308. The van der Waals surface area contributed by atoms with Crippen LogP contribution in [0.15, 0.2) is 18.2 Å². The van der Waals surface area contributed by atoms with Crippen LogP contribution in [0.2, 0.25) is 0 Å². The molecule has 0 aliphatic rings. The molecule has 0 aliphatic heterocycles. The van der Waals surface area contributed by atoms with E-state index < -0.39 is 0 Å². The van der Waals surface area contributed by atoms with Gasteiger partial charge in [0.15, 0.2) is 0 Å². The predicted octanol–water partition coefficient (Wildman–Crippen LogP) is 1.60. The molecule has 0 fully saturated rings. The van der Waals surface area contributed by atoms with E-state index in [4.69, 9.17) is 15.6 Å². The first-order valence-electron chi connectivity index (χ1n) is 5.84. The maximum absolute atomic E-state index is 12.0. The van der Waals surface area contributed by atoms with Gasteiger partial charge in [-0.1, -0.05) is 0 Å². The maximum atomic E-state index is 12.0. The summed E-state index contributed by atoms with van der Waals surface area (Å²) >= 11 is 1.32. The molecule has 6 heteroatoms. The largest absolute Gasteiger partial charge is 0.497 e. The van der Waals surface area contributed by atoms with E-state index in [-0.39, 0.29) is 18.6 Å². The van der Waals surface area contributed by atoms with Crippen molar-refractivity contribution in [3.05, 3.63) is 23.1 Å². The molecule has 1 unspecified atom stereocenters. The summed E-state index contributed by atoms with van der Waals surface area (Å²) in [6, 6.07) is 5.20. The first-order valence-corrected chi connectivity index (χ1v) is 6.66. The molecule has 19 heavy (non-hydrogen) atoms. The summed E-state index contributed by atoms with van der Waals surface area (Å²) < 4.78 is 6.05. The van der Waals surface area contributed by atoms with Gasteiger partial charge in [0.05, 0.1) is 19.4 Å². The van der Waals surface area contributed by atoms with E-state index in [1.54, 1.807) is 14.0 Å². The molecule has 0 spiro atoms. The van der Waals surface area contributed by atoms with Crippen molar-refractivity contribution >= 4 is 33.0 Å². The number of hydrogen-bond donors (Lipinski definition) is 3. The summed E-state index contributed by atoms with van der Waals surface area (Å²) in [6.45, 7) is 1.62. The second-order valence-electron chi connectivity index (χ2n) is 4.26. The van der Waals surface area contributed by atoms with Crippen LogP contribution in [0.25, 0.3) is 10.1 Å². The zero-order valence-corrected chi connectivity index (χ0v) is 11.6. The van der Waals surface area contributed by atoms with Crippen LogP contribution in [0.4, 0.5) is 5.69 Å². The van der Waals surface area contributed by atoms with Crippen molar-refractivity contribution in [3.8, 4) is 5.75 Å². The molecule has 1 amide bonds. The van der Waals surface area contributed by atoms with Crippen LogP contribution in [-0.4, -0.2) is 30.8 Å².